The minimum atomic E-state index is -3.85. The molecule has 1 aromatic rings. The molecule has 0 saturated heterocycles. The number of para-hydroxylation sites is 2. The van der Waals surface area contributed by atoms with Crippen molar-refractivity contribution in [2.24, 2.45) is 0 Å². The third-order valence-electron chi connectivity index (χ3n) is 2.64. The number of sulfonamides is 1. The topological polar surface area (TPSA) is 89.7 Å². The average Bonchev–Trinajstić information content (AvgIpc) is 2.36. The van der Waals surface area contributed by atoms with E-state index in [9.17, 15) is 13.2 Å². The van der Waals surface area contributed by atoms with Gasteiger partial charge in [0.25, 0.3) is 0 Å². The number of rotatable bonds is 4. The van der Waals surface area contributed by atoms with Gasteiger partial charge in [0, 0.05) is 7.05 Å². The predicted octanol–water partition coefficient (Wildman–Crippen LogP) is 0.596. The van der Waals surface area contributed by atoms with E-state index in [2.05, 4.69) is 4.74 Å². The molecule has 100 valence electrons. The zero-order valence-electron chi connectivity index (χ0n) is 10.5. The smallest absolute Gasteiger partial charge is 0.325 e. The lowest BCUT2D eigenvalue weighted by Crippen LogP contribution is -2.39. The van der Waals surface area contributed by atoms with Gasteiger partial charge in [-0.3, -0.25) is 9.10 Å². The van der Waals surface area contributed by atoms with Crippen molar-refractivity contribution >= 4 is 27.4 Å². The molecule has 0 amide bonds. The van der Waals surface area contributed by atoms with Crippen molar-refractivity contribution in [3.63, 3.8) is 0 Å². The molecule has 0 aliphatic heterocycles. The van der Waals surface area contributed by atoms with E-state index < -0.39 is 21.2 Å². The lowest BCUT2D eigenvalue weighted by atomic mass is 10.3. The maximum Gasteiger partial charge on any atom is 0.325 e. The second-order valence-electron chi connectivity index (χ2n) is 3.74. The Labute approximate surface area is 106 Å². The molecule has 0 radical (unpaired) electrons. The fourth-order valence-corrected chi connectivity index (χ4v) is 2.69. The summed E-state index contributed by atoms with van der Waals surface area (Å²) in [6.45, 7) is 1.27. The van der Waals surface area contributed by atoms with Crippen LogP contribution in [0, 0.1) is 0 Å². The highest BCUT2D eigenvalue weighted by Crippen LogP contribution is 2.25. The van der Waals surface area contributed by atoms with Gasteiger partial charge in [0.1, 0.15) is 0 Å². The first-order chi connectivity index (χ1) is 8.32. The molecule has 0 aromatic heterocycles. The Kier molecular flexibility index (Phi) is 4.18. The zero-order chi connectivity index (χ0) is 13.9. The molecule has 0 spiro atoms. The number of anilines is 2. The molecule has 1 rings (SSSR count). The molecular formula is C11H16N2O4S. The summed E-state index contributed by atoms with van der Waals surface area (Å²) in [4.78, 5) is 11.3. The largest absolute Gasteiger partial charge is 0.468 e. The molecule has 6 nitrogen and oxygen atoms in total. The number of methoxy groups -OCH3 is 1. The minimum Gasteiger partial charge on any atom is -0.468 e. The molecule has 0 aliphatic rings. The summed E-state index contributed by atoms with van der Waals surface area (Å²) < 4.78 is 29.7. The monoisotopic (exact) mass is 272 g/mol. The van der Waals surface area contributed by atoms with Gasteiger partial charge in [0.05, 0.1) is 18.5 Å². The van der Waals surface area contributed by atoms with E-state index in [4.69, 9.17) is 5.73 Å². The number of nitrogen functional groups attached to an aromatic ring is 1. The zero-order valence-corrected chi connectivity index (χ0v) is 11.3. The standard InChI is InChI=1S/C11H16N2O4S/c1-8(11(14)17-3)18(15,16)13(2)10-7-5-4-6-9(10)12/h4-8H,12H2,1-3H3. The van der Waals surface area contributed by atoms with E-state index in [-0.39, 0.29) is 0 Å². The van der Waals surface area contributed by atoms with Crippen molar-refractivity contribution in [3.8, 4) is 0 Å². The number of esters is 1. The minimum absolute atomic E-state index is 0.320. The SMILES string of the molecule is COC(=O)C(C)S(=O)(=O)N(C)c1ccccc1N. The fraction of sp³-hybridized carbons (Fsp3) is 0.364. The van der Waals surface area contributed by atoms with Crippen molar-refractivity contribution < 1.29 is 17.9 Å². The summed E-state index contributed by atoms with van der Waals surface area (Å²) in [6.07, 6.45) is 0. The predicted molar refractivity (Wildman–Crippen MR) is 69.7 cm³/mol. The van der Waals surface area contributed by atoms with Gasteiger partial charge in [-0.1, -0.05) is 12.1 Å². The van der Waals surface area contributed by atoms with Crippen LogP contribution in [0.15, 0.2) is 24.3 Å². The summed E-state index contributed by atoms with van der Waals surface area (Å²) in [5.41, 5.74) is 6.35. The second kappa shape index (κ2) is 5.26. The molecular weight excluding hydrogens is 256 g/mol. The van der Waals surface area contributed by atoms with Gasteiger partial charge in [-0.2, -0.15) is 0 Å². The van der Waals surface area contributed by atoms with Crippen LogP contribution in [-0.4, -0.2) is 33.8 Å². The second-order valence-corrected chi connectivity index (χ2v) is 6.02. The molecule has 1 aromatic carbocycles. The van der Waals surface area contributed by atoms with E-state index in [1.165, 1.54) is 14.0 Å². The van der Waals surface area contributed by atoms with E-state index in [1.807, 2.05) is 0 Å². The maximum absolute atomic E-state index is 12.2. The van der Waals surface area contributed by atoms with E-state index in [1.54, 1.807) is 24.3 Å². The fourth-order valence-electron chi connectivity index (χ4n) is 1.44. The van der Waals surface area contributed by atoms with Crippen molar-refractivity contribution in [2.75, 3.05) is 24.2 Å². The van der Waals surface area contributed by atoms with Crippen LogP contribution in [0.2, 0.25) is 0 Å². The Morgan fingerprint density at radius 1 is 1.39 bits per heavy atom. The molecule has 18 heavy (non-hydrogen) atoms. The quantitative estimate of drug-likeness (QED) is 0.640. The highest BCUT2D eigenvalue weighted by atomic mass is 32.2. The third-order valence-corrected chi connectivity index (χ3v) is 4.68. The van der Waals surface area contributed by atoms with Crippen LogP contribution >= 0.6 is 0 Å². The maximum atomic E-state index is 12.2. The Hall–Kier alpha value is -1.76. The third kappa shape index (κ3) is 2.56. The van der Waals surface area contributed by atoms with Crippen LogP contribution in [0.3, 0.4) is 0 Å². The molecule has 0 aliphatic carbocycles. The molecule has 1 atom stereocenters. The first-order valence-corrected chi connectivity index (χ1v) is 6.72. The molecule has 7 heteroatoms. The molecule has 0 bridgehead atoms. The Bertz CT molecular complexity index is 542. The Balaban J connectivity index is 3.14. The van der Waals surface area contributed by atoms with Gasteiger partial charge >= 0.3 is 5.97 Å². The number of benzene rings is 1. The van der Waals surface area contributed by atoms with E-state index >= 15 is 0 Å². The molecule has 0 fully saturated rings. The van der Waals surface area contributed by atoms with Gasteiger partial charge in [0.2, 0.25) is 10.0 Å². The van der Waals surface area contributed by atoms with Crippen molar-refractivity contribution in [3.05, 3.63) is 24.3 Å². The first-order valence-electron chi connectivity index (χ1n) is 5.22. The van der Waals surface area contributed by atoms with Gasteiger partial charge in [0.15, 0.2) is 5.25 Å². The first kappa shape index (κ1) is 14.3. The lowest BCUT2D eigenvalue weighted by Gasteiger charge is -2.23. The van der Waals surface area contributed by atoms with Gasteiger partial charge < -0.3 is 10.5 Å². The molecule has 1 unspecified atom stereocenters. The van der Waals surface area contributed by atoms with Gasteiger partial charge in [-0.15, -0.1) is 0 Å². The van der Waals surface area contributed by atoms with E-state index in [0.29, 0.717) is 11.4 Å². The van der Waals surface area contributed by atoms with Crippen molar-refractivity contribution in [1.29, 1.82) is 0 Å². The molecule has 0 heterocycles. The highest BCUT2D eigenvalue weighted by molar-refractivity contribution is 7.94. The normalized spacial score (nSPS) is 12.8. The summed E-state index contributed by atoms with van der Waals surface area (Å²) in [6, 6.07) is 6.52. The summed E-state index contributed by atoms with van der Waals surface area (Å²) in [5, 5.41) is -1.29. The molecule has 2 N–H and O–H groups in total. The number of nitrogens with two attached hydrogens (primary N) is 1. The number of hydrogen-bond donors (Lipinski definition) is 1. The van der Waals surface area contributed by atoms with Crippen LogP contribution in [0.25, 0.3) is 0 Å². The highest BCUT2D eigenvalue weighted by Gasteiger charge is 2.33. The van der Waals surface area contributed by atoms with Crippen LogP contribution < -0.4 is 10.0 Å². The Morgan fingerprint density at radius 2 is 1.94 bits per heavy atom. The number of nitrogens with zero attached hydrogens (tertiary/aromatic N) is 1. The number of carbonyl (C=O) groups is 1. The lowest BCUT2D eigenvalue weighted by molar-refractivity contribution is -0.139. The number of carbonyl (C=O) groups excluding carboxylic acids is 1. The Morgan fingerprint density at radius 3 is 2.44 bits per heavy atom. The van der Waals surface area contributed by atoms with Gasteiger partial charge in [-0.25, -0.2) is 8.42 Å². The average molecular weight is 272 g/mol. The van der Waals surface area contributed by atoms with Crippen LogP contribution in [0.1, 0.15) is 6.92 Å². The van der Waals surface area contributed by atoms with E-state index in [0.717, 1.165) is 11.4 Å². The summed E-state index contributed by atoms with van der Waals surface area (Å²) in [7, 11) is -1.36. The molecule has 0 saturated carbocycles. The number of hydrogen-bond acceptors (Lipinski definition) is 5. The van der Waals surface area contributed by atoms with Crippen LogP contribution in [0.5, 0.6) is 0 Å². The van der Waals surface area contributed by atoms with Crippen molar-refractivity contribution in [1.82, 2.24) is 0 Å². The van der Waals surface area contributed by atoms with Crippen LogP contribution in [0.4, 0.5) is 11.4 Å². The van der Waals surface area contributed by atoms with Crippen molar-refractivity contribution in [2.45, 2.75) is 12.2 Å². The summed E-state index contributed by atoms with van der Waals surface area (Å²) in [5.74, 6) is -0.809. The number of ether oxygens (including phenoxy) is 1. The van der Waals surface area contributed by atoms with Crippen LogP contribution in [-0.2, 0) is 19.6 Å². The summed E-state index contributed by atoms with van der Waals surface area (Å²) >= 11 is 0. The van der Waals surface area contributed by atoms with Gasteiger partial charge in [-0.05, 0) is 19.1 Å².